The number of hydrogen-bond donors (Lipinski definition) is 1. The van der Waals surface area contributed by atoms with Crippen LogP contribution in [0.4, 0.5) is 17.6 Å². The minimum absolute atomic E-state index is 0.0711. The summed E-state index contributed by atoms with van der Waals surface area (Å²) in [7, 11) is 0. The van der Waals surface area contributed by atoms with Gasteiger partial charge in [-0.3, -0.25) is 4.79 Å². The number of carbonyl (C=O) groups excluding carboxylic acids is 1. The lowest BCUT2D eigenvalue weighted by molar-refractivity contribution is -0.217. The number of amides is 1. The maximum atomic E-state index is 14.4. The van der Waals surface area contributed by atoms with Gasteiger partial charge in [-0.15, -0.1) is 0 Å². The zero-order chi connectivity index (χ0) is 19.0. The van der Waals surface area contributed by atoms with E-state index in [-0.39, 0.29) is 18.7 Å². The van der Waals surface area contributed by atoms with Crippen molar-refractivity contribution in [2.45, 2.75) is 38.8 Å². The summed E-state index contributed by atoms with van der Waals surface area (Å²) in [4.78, 5) is 24.5. The number of hydrogen-bond acceptors (Lipinski definition) is 2. The first-order valence-electron chi connectivity index (χ1n) is 7.84. The molecule has 1 aliphatic rings. The molecule has 138 valence electrons. The third-order valence-electron chi connectivity index (χ3n) is 4.65. The predicted octanol–water partition coefficient (Wildman–Crippen LogP) is 3.82. The molecule has 0 bridgehead atoms. The lowest BCUT2D eigenvalue weighted by atomic mass is 9.86. The number of alkyl halides is 3. The third-order valence-corrected chi connectivity index (χ3v) is 4.65. The zero-order valence-corrected chi connectivity index (χ0v) is 13.9. The van der Waals surface area contributed by atoms with E-state index in [1.165, 1.54) is 12.1 Å². The van der Waals surface area contributed by atoms with E-state index < -0.39 is 40.8 Å². The van der Waals surface area contributed by atoms with Crippen LogP contribution in [-0.4, -0.2) is 41.1 Å². The fourth-order valence-corrected chi connectivity index (χ4v) is 2.96. The van der Waals surface area contributed by atoms with Gasteiger partial charge in [-0.2, -0.15) is 13.2 Å². The molecule has 0 radical (unpaired) electrons. The molecule has 25 heavy (non-hydrogen) atoms. The Balaban J connectivity index is 2.27. The number of carboxylic acid groups (broad SMARTS) is 1. The zero-order valence-electron chi connectivity index (χ0n) is 13.9. The van der Waals surface area contributed by atoms with Crippen LogP contribution in [0, 0.1) is 11.2 Å². The fraction of sp³-hybridized carbons (Fsp3) is 0.529. The van der Waals surface area contributed by atoms with Crippen molar-refractivity contribution in [2.24, 2.45) is 5.41 Å². The highest BCUT2D eigenvalue weighted by atomic mass is 19.4. The molecular formula is C17H19F4NO3. The van der Waals surface area contributed by atoms with Crippen LogP contribution in [0.2, 0.25) is 0 Å². The summed E-state index contributed by atoms with van der Waals surface area (Å²) in [6, 6.07) is 3.93. The van der Waals surface area contributed by atoms with Crippen LogP contribution in [0.3, 0.4) is 0 Å². The van der Waals surface area contributed by atoms with Crippen molar-refractivity contribution in [3.63, 3.8) is 0 Å². The summed E-state index contributed by atoms with van der Waals surface area (Å²) in [6.07, 6.45) is -3.80. The number of carboxylic acids is 1. The van der Waals surface area contributed by atoms with E-state index in [2.05, 4.69) is 0 Å². The number of aromatic carboxylic acids is 1. The Labute approximate surface area is 142 Å². The van der Waals surface area contributed by atoms with Crippen molar-refractivity contribution in [3.05, 3.63) is 35.1 Å². The molecule has 8 heteroatoms. The number of halogens is 4. The Bertz CT molecular complexity index is 685. The SMILES string of the molecule is CC(C)(C(=O)N1CCCC(c2cccc(C(=O)O)c2F)C1)C(F)(F)F. The second-order valence-corrected chi connectivity index (χ2v) is 6.73. The molecule has 1 fully saturated rings. The molecule has 0 saturated carbocycles. The Kier molecular flexibility index (Phi) is 5.11. The maximum Gasteiger partial charge on any atom is 0.402 e. The standard InChI is InChI=1S/C17H19F4NO3/c1-16(2,17(19,20)21)15(25)22-8-4-5-10(9-22)11-6-3-7-12(13(11)18)14(23)24/h3,6-7,10H,4-5,8-9H2,1-2H3,(H,23,24). The molecule has 1 saturated heterocycles. The predicted molar refractivity (Wildman–Crippen MR) is 81.8 cm³/mol. The van der Waals surface area contributed by atoms with Crippen molar-refractivity contribution in [2.75, 3.05) is 13.1 Å². The number of benzene rings is 1. The summed E-state index contributed by atoms with van der Waals surface area (Å²) < 4.78 is 53.7. The molecule has 0 aromatic heterocycles. The number of likely N-dealkylation sites (tertiary alicyclic amines) is 1. The summed E-state index contributed by atoms with van der Waals surface area (Å²) in [6.45, 7) is 1.74. The highest BCUT2D eigenvalue weighted by Crippen LogP contribution is 2.40. The van der Waals surface area contributed by atoms with Crippen LogP contribution < -0.4 is 0 Å². The second-order valence-electron chi connectivity index (χ2n) is 6.73. The van der Waals surface area contributed by atoms with Crippen molar-refractivity contribution < 1.29 is 32.3 Å². The number of piperidine rings is 1. The quantitative estimate of drug-likeness (QED) is 0.833. The lowest BCUT2D eigenvalue weighted by Crippen LogP contribution is -2.51. The normalized spacial score (nSPS) is 19.0. The molecule has 1 aliphatic heterocycles. The van der Waals surface area contributed by atoms with Crippen molar-refractivity contribution in [1.82, 2.24) is 4.90 Å². The van der Waals surface area contributed by atoms with Crippen LogP contribution in [0.25, 0.3) is 0 Å². The Morgan fingerprint density at radius 3 is 2.44 bits per heavy atom. The van der Waals surface area contributed by atoms with Crippen molar-refractivity contribution >= 4 is 11.9 Å². The van der Waals surface area contributed by atoms with E-state index >= 15 is 0 Å². The average Bonchev–Trinajstić information content (AvgIpc) is 2.53. The minimum Gasteiger partial charge on any atom is -0.478 e. The lowest BCUT2D eigenvalue weighted by Gasteiger charge is -2.38. The molecule has 1 N–H and O–H groups in total. The minimum atomic E-state index is -4.69. The highest BCUT2D eigenvalue weighted by Gasteiger charge is 2.54. The van der Waals surface area contributed by atoms with Crippen molar-refractivity contribution in [3.8, 4) is 0 Å². The molecule has 1 atom stereocenters. The Morgan fingerprint density at radius 2 is 1.88 bits per heavy atom. The van der Waals surface area contributed by atoms with Gasteiger partial charge in [0, 0.05) is 19.0 Å². The van der Waals surface area contributed by atoms with Crippen LogP contribution >= 0.6 is 0 Å². The Morgan fingerprint density at radius 1 is 1.24 bits per heavy atom. The molecule has 1 unspecified atom stereocenters. The average molecular weight is 361 g/mol. The molecular weight excluding hydrogens is 342 g/mol. The van der Waals surface area contributed by atoms with E-state index in [1.54, 1.807) is 0 Å². The van der Waals surface area contributed by atoms with E-state index in [0.29, 0.717) is 12.8 Å². The van der Waals surface area contributed by atoms with Gasteiger partial charge in [0.15, 0.2) is 0 Å². The first-order chi connectivity index (χ1) is 11.5. The van der Waals surface area contributed by atoms with E-state index in [4.69, 9.17) is 5.11 Å². The van der Waals surface area contributed by atoms with E-state index in [9.17, 15) is 27.2 Å². The molecule has 0 aliphatic carbocycles. The van der Waals surface area contributed by atoms with E-state index in [0.717, 1.165) is 24.8 Å². The van der Waals surface area contributed by atoms with Gasteiger partial charge in [0.2, 0.25) is 5.91 Å². The van der Waals surface area contributed by atoms with Gasteiger partial charge >= 0.3 is 12.1 Å². The first kappa shape index (κ1) is 19.2. The van der Waals surface area contributed by atoms with Gasteiger partial charge in [0.05, 0.1) is 5.56 Å². The molecule has 1 aromatic rings. The maximum absolute atomic E-state index is 14.4. The molecule has 1 heterocycles. The van der Waals surface area contributed by atoms with E-state index in [1.807, 2.05) is 0 Å². The van der Waals surface area contributed by atoms with Gasteiger partial charge in [-0.1, -0.05) is 12.1 Å². The second kappa shape index (κ2) is 6.65. The third kappa shape index (κ3) is 3.62. The topological polar surface area (TPSA) is 57.6 Å². The number of nitrogens with zero attached hydrogens (tertiary/aromatic N) is 1. The summed E-state index contributed by atoms with van der Waals surface area (Å²) >= 11 is 0. The summed E-state index contributed by atoms with van der Waals surface area (Å²) in [5.74, 6) is -3.91. The molecule has 4 nitrogen and oxygen atoms in total. The molecule has 1 amide bonds. The van der Waals surface area contributed by atoms with Crippen molar-refractivity contribution in [1.29, 1.82) is 0 Å². The fourth-order valence-electron chi connectivity index (χ4n) is 2.96. The Hall–Kier alpha value is -2.12. The number of carbonyl (C=O) groups is 2. The molecule has 1 aromatic carbocycles. The van der Waals surface area contributed by atoms with Gasteiger partial charge in [-0.05, 0) is 38.3 Å². The highest BCUT2D eigenvalue weighted by molar-refractivity contribution is 5.88. The first-order valence-corrected chi connectivity index (χ1v) is 7.84. The molecule has 2 rings (SSSR count). The smallest absolute Gasteiger partial charge is 0.402 e. The molecule has 0 spiro atoms. The van der Waals surface area contributed by atoms with Crippen LogP contribution in [0.15, 0.2) is 18.2 Å². The summed E-state index contributed by atoms with van der Waals surface area (Å²) in [5.41, 5.74) is -2.91. The van der Waals surface area contributed by atoms with Crippen LogP contribution in [-0.2, 0) is 4.79 Å². The largest absolute Gasteiger partial charge is 0.478 e. The van der Waals surface area contributed by atoms with Crippen LogP contribution in [0.1, 0.15) is 48.5 Å². The van der Waals surface area contributed by atoms with Gasteiger partial charge in [0.1, 0.15) is 11.2 Å². The van der Waals surface area contributed by atoms with Crippen LogP contribution in [0.5, 0.6) is 0 Å². The monoisotopic (exact) mass is 361 g/mol. The van der Waals surface area contributed by atoms with Gasteiger partial charge in [0.25, 0.3) is 0 Å². The summed E-state index contributed by atoms with van der Waals surface area (Å²) in [5, 5.41) is 9.00. The number of rotatable bonds is 3. The van der Waals surface area contributed by atoms with Gasteiger partial charge < -0.3 is 10.0 Å². The van der Waals surface area contributed by atoms with Gasteiger partial charge in [-0.25, -0.2) is 9.18 Å².